The fraction of sp³-hybridized carbons (Fsp3) is 0.0952. The Bertz CT molecular complexity index is 1460. The number of aromatic nitrogens is 6. The van der Waals surface area contributed by atoms with Gasteiger partial charge in [-0.1, -0.05) is 12.1 Å². The summed E-state index contributed by atoms with van der Waals surface area (Å²) in [6.45, 7) is 0.136. The quantitative estimate of drug-likeness (QED) is 0.402. The largest absolute Gasteiger partial charge is 0.497 e. The Labute approximate surface area is 174 Å². The zero-order valence-corrected chi connectivity index (χ0v) is 16.4. The van der Waals surface area contributed by atoms with Gasteiger partial charge in [0.05, 0.1) is 30.8 Å². The van der Waals surface area contributed by atoms with Crippen molar-refractivity contribution in [1.82, 2.24) is 35.1 Å². The molecule has 0 saturated carbocycles. The van der Waals surface area contributed by atoms with Crippen LogP contribution in [0.15, 0.2) is 59.5 Å². The van der Waals surface area contributed by atoms with E-state index in [1.807, 2.05) is 30.3 Å². The van der Waals surface area contributed by atoms with Crippen LogP contribution in [-0.2, 0) is 6.54 Å². The second kappa shape index (κ2) is 7.41. The first-order chi connectivity index (χ1) is 15.1. The first kappa shape index (κ1) is 18.6. The van der Waals surface area contributed by atoms with Crippen molar-refractivity contribution < 1.29 is 9.53 Å². The van der Waals surface area contributed by atoms with E-state index in [1.165, 1.54) is 6.20 Å². The van der Waals surface area contributed by atoms with Crippen molar-refractivity contribution >= 4 is 22.5 Å². The summed E-state index contributed by atoms with van der Waals surface area (Å²) in [5.41, 5.74) is 1.76. The minimum Gasteiger partial charge on any atom is -0.497 e. The summed E-state index contributed by atoms with van der Waals surface area (Å²) in [4.78, 5) is 32.2. The van der Waals surface area contributed by atoms with Crippen molar-refractivity contribution in [2.45, 2.75) is 6.54 Å². The molecule has 0 aliphatic carbocycles. The van der Waals surface area contributed by atoms with Crippen molar-refractivity contribution in [3.8, 4) is 17.1 Å². The molecule has 154 valence electrons. The molecular formula is C21H17N7O3. The van der Waals surface area contributed by atoms with Crippen LogP contribution in [0.3, 0.4) is 0 Å². The predicted octanol–water partition coefficient (Wildman–Crippen LogP) is 1.90. The molecule has 0 bridgehead atoms. The van der Waals surface area contributed by atoms with Crippen molar-refractivity contribution in [2.75, 3.05) is 7.11 Å². The molecule has 3 aromatic heterocycles. The standard InChI is InChI=1S/C21H17N7O3/c1-31-13-8-6-12(7-9-13)18-24-17(26-27-18)11-22-20(29)15-10-23-28-16-5-3-2-4-14(16)21(30)25-19(15)28/h2-10H,11H2,1H3,(H,22,29)(H,25,30)(H,24,26,27). The molecule has 0 atom stereocenters. The lowest BCUT2D eigenvalue weighted by Crippen LogP contribution is -2.24. The number of carbonyl (C=O) groups is 1. The maximum absolute atomic E-state index is 12.7. The number of fused-ring (bicyclic) bond motifs is 3. The fourth-order valence-corrected chi connectivity index (χ4v) is 3.35. The average molecular weight is 415 g/mol. The van der Waals surface area contributed by atoms with Gasteiger partial charge in [0.15, 0.2) is 5.82 Å². The molecule has 0 spiro atoms. The lowest BCUT2D eigenvalue weighted by atomic mass is 10.2. The Morgan fingerprint density at radius 3 is 2.77 bits per heavy atom. The summed E-state index contributed by atoms with van der Waals surface area (Å²) in [5, 5.41) is 14.5. The van der Waals surface area contributed by atoms with E-state index in [2.05, 4.69) is 30.6 Å². The molecule has 0 radical (unpaired) electrons. The molecule has 2 aromatic carbocycles. The highest BCUT2D eigenvalue weighted by Gasteiger charge is 2.16. The molecule has 3 N–H and O–H groups in total. The van der Waals surface area contributed by atoms with Gasteiger partial charge in [-0.3, -0.25) is 14.7 Å². The molecule has 0 aliphatic heterocycles. The number of aromatic amines is 2. The van der Waals surface area contributed by atoms with E-state index < -0.39 is 0 Å². The number of para-hydroxylation sites is 1. The molecule has 0 aliphatic rings. The van der Waals surface area contributed by atoms with E-state index in [0.717, 1.165) is 11.3 Å². The van der Waals surface area contributed by atoms with Crippen LogP contribution in [0.4, 0.5) is 0 Å². The molecule has 0 saturated heterocycles. The average Bonchev–Trinajstić information content (AvgIpc) is 3.45. The summed E-state index contributed by atoms with van der Waals surface area (Å²) in [7, 11) is 1.60. The van der Waals surface area contributed by atoms with E-state index >= 15 is 0 Å². The summed E-state index contributed by atoms with van der Waals surface area (Å²) in [6, 6.07) is 14.4. The summed E-state index contributed by atoms with van der Waals surface area (Å²) in [6.07, 6.45) is 1.43. The van der Waals surface area contributed by atoms with Gasteiger partial charge in [0.1, 0.15) is 22.8 Å². The normalized spacial score (nSPS) is 11.1. The highest BCUT2D eigenvalue weighted by atomic mass is 16.5. The summed E-state index contributed by atoms with van der Waals surface area (Å²) < 4.78 is 6.69. The maximum atomic E-state index is 12.7. The van der Waals surface area contributed by atoms with Gasteiger partial charge in [-0.15, -0.1) is 0 Å². The number of amides is 1. The van der Waals surface area contributed by atoms with E-state index in [4.69, 9.17) is 4.74 Å². The highest BCUT2D eigenvalue weighted by molar-refractivity contribution is 6.00. The van der Waals surface area contributed by atoms with Crippen LogP contribution in [0.1, 0.15) is 16.2 Å². The Balaban J connectivity index is 1.36. The van der Waals surface area contributed by atoms with Crippen molar-refractivity contribution in [3.63, 3.8) is 0 Å². The number of carbonyl (C=O) groups excluding carboxylic acids is 1. The lowest BCUT2D eigenvalue weighted by molar-refractivity contribution is 0.0951. The zero-order chi connectivity index (χ0) is 21.4. The van der Waals surface area contributed by atoms with Crippen LogP contribution in [0.2, 0.25) is 0 Å². The SMILES string of the molecule is COc1ccc(-c2n[nH]c(CNC(=O)c3cnn4c3[nH]c(=O)c3ccccc34)n2)cc1. The number of H-pyrrole nitrogens is 2. The topological polar surface area (TPSA) is 130 Å². The predicted molar refractivity (Wildman–Crippen MR) is 113 cm³/mol. The monoisotopic (exact) mass is 415 g/mol. The highest BCUT2D eigenvalue weighted by Crippen LogP contribution is 2.19. The van der Waals surface area contributed by atoms with E-state index in [0.29, 0.717) is 28.2 Å². The number of hydrogen-bond donors (Lipinski definition) is 3. The molecular weight excluding hydrogens is 398 g/mol. The molecule has 10 heteroatoms. The van der Waals surface area contributed by atoms with Crippen LogP contribution in [0.25, 0.3) is 27.9 Å². The number of rotatable bonds is 5. The van der Waals surface area contributed by atoms with Crippen molar-refractivity contribution in [1.29, 1.82) is 0 Å². The van der Waals surface area contributed by atoms with Gasteiger partial charge in [-0.2, -0.15) is 10.2 Å². The van der Waals surface area contributed by atoms with E-state index in [-0.39, 0.29) is 23.6 Å². The van der Waals surface area contributed by atoms with Crippen LogP contribution < -0.4 is 15.6 Å². The van der Waals surface area contributed by atoms with Crippen molar-refractivity contribution in [3.05, 3.63) is 76.5 Å². The smallest absolute Gasteiger partial charge is 0.259 e. The van der Waals surface area contributed by atoms with Crippen LogP contribution in [-0.4, -0.2) is 42.8 Å². The number of nitrogens with zero attached hydrogens (tertiary/aromatic N) is 4. The third-order valence-corrected chi connectivity index (χ3v) is 4.92. The molecule has 3 heterocycles. The van der Waals surface area contributed by atoms with Gasteiger partial charge in [-0.05, 0) is 36.4 Å². The Kier molecular flexibility index (Phi) is 4.43. The second-order valence-corrected chi connectivity index (χ2v) is 6.81. The number of ether oxygens (including phenoxy) is 1. The minimum atomic E-state index is -0.386. The maximum Gasteiger partial charge on any atom is 0.259 e. The molecule has 10 nitrogen and oxygen atoms in total. The van der Waals surface area contributed by atoms with Gasteiger partial charge < -0.3 is 15.0 Å². The summed E-state index contributed by atoms with van der Waals surface area (Å²) >= 11 is 0. The molecule has 5 aromatic rings. The molecule has 31 heavy (non-hydrogen) atoms. The van der Waals surface area contributed by atoms with Gasteiger partial charge in [0, 0.05) is 5.56 Å². The van der Waals surface area contributed by atoms with Crippen LogP contribution >= 0.6 is 0 Å². The number of methoxy groups -OCH3 is 1. The lowest BCUT2D eigenvalue weighted by Gasteiger charge is -2.03. The summed E-state index contributed by atoms with van der Waals surface area (Å²) in [5.74, 6) is 1.36. The van der Waals surface area contributed by atoms with Gasteiger partial charge >= 0.3 is 0 Å². The second-order valence-electron chi connectivity index (χ2n) is 6.81. The third kappa shape index (κ3) is 3.29. The van der Waals surface area contributed by atoms with Crippen LogP contribution in [0, 0.1) is 0 Å². The van der Waals surface area contributed by atoms with Crippen LogP contribution in [0.5, 0.6) is 5.75 Å². The zero-order valence-electron chi connectivity index (χ0n) is 16.4. The van der Waals surface area contributed by atoms with E-state index in [9.17, 15) is 9.59 Å². The Hall–Kier alpha value is -4.47. The third-order valence-electron chi connectivity index (χ3n) is 4.92. The van der Waals surface area contributed by atoms with Gasteiger partial charge in [0.2, 0.25) is 0 Å². The van der Waals surface area contributed by atoms with Crippen molar-refractivity contribution in [2.24, 2.45) is 0 Å². The molecule has 0 unspecified atom stereocenters. The number of hydrogen-bond acceptors (Lipinski definition) is 6. The minimum absolute atomic E-state index is 0.136. The Morgan fingerprint density at radius 1 is 1.16 bits per heavy atom. The first-order valence-corrected chi connectivity index (χ1v) is 9.46. The molecule has 0 fully saturated rings. The van der Waals surface area contributed by atoms with Gasteiger partial charge in [-0.25, -0.2) is 9.50 Å². The number of benzene rings is 2. The fourth-order valence-electron chi connectivity index (χ4n) is 3.35. The Morgan fingerprint density at radius 2 is 1.97 bits per heavy atom. The van der Waals surface area contributed by atoms with E-state index in [1.54, 1.807) is 29.8 Å². The number of nitrogens with one attached hydrogen (secondary N) is 3. The first-order valence-electron chi connectivity index (χ1n) is 9.46. The molecule has 1 amide bonds. The van der Waals surface area contributed by atoms with Gasteiger partial charge in [0.25, 0.3) is 11.5 Å². The molecule has 5 rings (SSSR count).